The van der Waals surface area contributed by atoms with Gasteiger partial charge in [0.25, 0.3) is 0 Å². The second-order valence-electron chi connectivity index (χ2n) is 14.8. The highest BCUT2D eigenvalue weighted by Crippen LogP contribution is 2.39. The number of fused-ring (bicyclic) bond motifs is 8. The molecule has 12 rings (SSSR count). The van der Waals surface area contributed by atoms with Gasteiger partial charge in [-0.3, -0.25) is 0 Å². The molecule has 0 saturated carbocycles. The maximum absolute atomic E-state index is 5.06. The highest BCUT2D eigenvalue weighted by Gasteiger charge is 2.18. The van der Waals surface area contributed by atoms with Crippen molar-refractivity contribution in [2.45, 2.75) is 0 Å². The fourth-order valence-corrected chi connectivity index (χ4v) is 8.79. The van der Waals surface area contributed by atoms with Crippen LogP contribution in [0.3, 0.4) is 0 Å². The molecule has 0 spiro atoms. The minimum Gasteiger partial charge on any atom is -0.309 e. The van der Waals surface area contributed by atoms with Crippen molar-refractivity contribution in [1.82, 2.24) is 23.7 Å². The smallest absolute Gasteiger partial charge is 0.182 e. The number of pyridine rings is 1. The van der Waals surface area contributed by atoms with Crippen LogP contribution in [0, 0.1) is 0 Å². The predicted molar refractivity (Wildman–Crippen MR) is 235 cm³/mol. The van der Waals surface area contributed by atoms with Crippen LogP contribution in [-0.2, 0) is 0 Å². The Bertz CT molecular complexity index is 3460. The van der Waals surface area contributed by atoms with Crippen LogP contribution in [0.2, 0.25) is 0 Å². The van der Waals surface area contributed by atoms with E-state index in [9.17, 15) is 0 Å². The van der Waals surface area contributed by atoms with E-state index in [2.05, 4.69) is 209 Å². The zero-order valence-electron chi connectivity index (χ0n) is 30.8. The van der Waals surface area contributed by atoms with E-state index in [1.54, 1.807) is 0 Å². The van der Waals surface area contributed by atoms with E-state index < -0.39 is 0 Å². The van der Waals surface area contributed by atoms with Gasteiger partial charge < -0.3 is 9.13 Å². The van der Waals surface area contributed by atoms with Crippen molar-refractivity contribution in [3.63, 3.8) is 0 Å². The van der Waals surface area contributed by atoms with E-state index >= 15 is 0 Å². The highest BCUT2D eigenvalue weighted by molar-refractivity contribution is 6.12. The lowest BCUT2D eigenvalue weighted by atomic mass is 10.0. The van der Waals surface area contributed by atoms with Gasteiger partial charge in [0.1, 0.15) is 0 Å². The summed E-state index contributed by atoms with van der Waals surface area (Å²) in [7, 11) is 0. The van der Waals surface area contributed by atoms with Crippen LogP contribution in [0.5, 0.6) is 0 Å². The summed E-state index contributed by atoms with van der Waals surface area (Å²) in [5.41, 5.74) is 13.3. The van der Waals surface area contributed by atoms with Crippen LogP contribution in [0.25, 0.3) is 105 Å². The lowest BCUT2D eigenvalue weighted by Gasteiger charge is -2.13. The third kappa shape index (κ3) is 5.03. The predicted octanol–water partition coefficient (Wildman–Crippen LogP) is 13.1. The largest absolute Gasteiger partial charge is 0.309 e. The maximum atomic E-state index is 5.06. The molecule has 57 heavy (non-hydrogen) atoms. The summed E-state index contributed by atoms with van der Waals surface area (Å²) < 4.78 is 6.66. The molecule has 12 aromatic rings. The van der Waals surface area contributed by atoms with Crippen LogP contribution in [0.4, 0.5) is 0 Å². The molecule has 0 saturated heterocycles. The van der Waals surface area contributed by atoms with Crippen LogP contribution in [-0.4, -0.2) is 23.7 Å². The normalized spacial score (nSPS) is 11.9. The first-order valence-corrected chi connectivity index (χ1v) is 19.3. The van der Waals surface area contributed by atoms with Gasteiger partial charge in [0.2, 0.25) is 0 Å². The highest BCUT2D eigenvalue weighted by atomic mass is 15.3. The van der Waals surface area contributed by atoms with E-state index in [4.69, 9.17) is 10.1 Å². The molecule has 0 aliphatic heterocycles. The summed E-state index contributed by atoms with van der Waals surface area (Å²) >= 11 is 0. The molecule has 0 atom stereocenters. The van der Waals surface area contributed by atoms with Crippen LogP contribution >= 0.6 is 0 Å². The number of hydrogen-bond donors (Lipinski definition) is 0. The van der Waals surface area contributed by atoms with Gasteiger partial charge in [0.05, 0.1) is 22.1 Å². The Balaban J connectivity index is 1.04. The van der Waals surface area contributed by atoms with Crippen molar-refractivity contribution in [1.29, 1.82) is 0 Å². The van der Waals surface area contributed by atoms with E-state index in [1.807, 2.05) is 4.52 Å². The number of para-hydroxylation sites is 3. The Kier molecular flexibility index (Phi) is 6.86. The molecule has 0 bridgehead atoms. The number of benzene rings is 8. The molecule has 0 unspecified atom stereocenters. The number of rotatable bonds is 5. The zero-order chi connectivity index (χ0) is 37.5. The molecule has 0 aliphatic carbocycles. The van der Waals surface area contributed by atoms with Crippen molar-refractivity contribution in [2.24, 2.45) is 0 Å². The molecule has 5 nitrogen and oxygen atoms in total. The first-order chi connectivity index (χ1) is 28.2. The topological polar surface area (TPSA) is 40.1 Å². The summed E-state index contributed by atoms with van der Waals surface area (Å²) in [6.45, 7) is 0. The molecule has 0 radical (unpaired) electrons. The Hall–Kier alpha value is -7.76. The van der Waals surface area contributed by atoms with Gasteiger partial charge in [-0.15, -0.1) is 5.10 Å². The molecule has 5 heteroatoms. The third-order valence-corrected chi connectivity index (χ3v) is 11.4. The molecule has 8 aromatic carbocycles. The van der Waals surface area contributed by atoms with Gasteiger partial charge in [-0.1, -0.05) is 121 Å². The number of hydrogen-bond acceptors (Lipinski definition) is 2. The SMILES string of the molecule is c1ccc(-c2cc(-c3nc4cc5ccccc5cn4n3)cc(-n3c4ccccc4c4cc(-c5ccc6c(c5)c5ccccc5n6-c5ccccc5)ccc43)c2)cc1. The second-order valence-corrected chi connectivity index (χ2v) is 14.8. The number of aromatic nitrogens is 5. The second kappa shape index (κ2) is 12.4. The van der Waals surface area contributed by atoms with E-state index in [-0.39, 0.29) is 0 Å². The van der Waals surface area contributed by atoms with Crippen molar-refractivity contribution in [3.05, 3.63) is 200 Å². The van der Waals surface area contributed by atoms with Crippen LogP contribution in [0.15, 0.2) is 200 Å². The fourth-order valence-electron chi connectivity index (χ4n) is 8.79. The minimum absolute atomic E-state index is 0.691. The molecule has 0 amide bonds. The van der Waals surface area contributed by atoms with Gasteiger partial charge in [0, 0.05) is 50.1 Å². The molecule has 0 aliphatic rings. The van der Waals surface area contributed by atoms with Gasteiger partial charge in [0.15, 0.2) is 11.5 Å². The van der Waals surface area contributed by atoms with E-state index in [0.29, 0.717) is 5.82 Å². The Labute approximate surface area is 327 Å². The van der Waals surface area contributed by atoms with Gasteiger partial charge in [-0.2, -0.15) is 0 Å². The van der Waals surface area contributed by atoms with Crippen molar-refractivity contribution in [2.75, 3.05) is 0 Å². The molecular formula is C52H33N5. The van der Waals surface area contributed by atoms with Crippen LogP contribution in [0.1, 0.15) is 0 Å². The van der Waals surface area contributed by atoms with Gasteiger partial charge >= 0.3 is 0 Å². The molecule has 4 aromatic heterocycles. The summed E-state index contributed by atoms with van der Waals surface area (Å²) in [5, 5.41) is 12.2. The Morgan fingerprint density at radius 1 is 0.333 bits per heavy atom. The fraction of sp³-hybridized carbons (Fsp3) is 0. The molecule has 266 valence electrons. The summed E-state index contributed by atoms with van der Waals surface area (Å²) in [5.74, 6) is 0.691. The van der Waals surface area contributed by atoms with Crippen LogP contribution < -0.4 is 0 Å². The van der Waals surface area contributed by atoms with E-state index in [0.717, 1.165) is 55.5 Å². The maximum Gasteiger partial charge on any atom is 0.182 e. The monoisotopic (exact) mass is 727 g/mol. The Morgan fingerprint density at radius 3 is 1.56 bits per heavy atom. The first kappa shape index (κ1) is 31.6. The lowest BCUT2D eigenvalue weighted by molar-refractivity contribution is 0.974. The quantitative estimate of drug-likeness (QED) is 0.177. The molecule has 0 fully saturated rings. The summed E-state index contributed by atoms with van der Waals surface area (Å²) in [6.07, 6.45) is 2.06. The molecule has 0 N–H and O–H groups in total. The third-order valence-electron chi connectivity index (χ3n) is 11.4. The Morgan fingerprint density at radius 2 is 0.877 bits per heavy atom. The van der Waals surface area contributed by atoms with Crippen molar-refractivity contribution < 1.29 is 0 Å². The van der Waals surface area contributed by atoms with Crippen molar-refractivity contribution in [3.8, 4) is 45.0 Å². The molecule has 4 heterocycles. The van der Waals surface area contributed by atoms with Gasteiger partial charge in [-0.05, 0) is 100 Å². The van der Waals surface area contributed by atoms with Gasteiger partial charge in [-0.25, -0.2) is 9.50 Å². The van der Waals surface area contributed by atoms with E-state index in [1.165, 1.54) is 43.7 Å². The summed E-state index contributed by atoms with van der Waals surface area (Å²) in [4.78, 5) is 5.06. The minimum atomic E-state index is 0.691. The standard InChI is InChI=1S/C52H33N5/c1-3-13-34(14-4-1)39-27-40(52-53-51-32-35-15-7-8-16-38(35)33-55(51)54-52)29-42(28-39)57-48-22-12-10-20-44(48)46-31-37(24-26-50(46)57)36-23-25-49-45(30-36)43-19-9-11-21-47(43)56(49)41-17-5-2-6-18-41/h1-33H. The summed E-state index contributed by atoms with van der Waals surface area (Å²) in [6, 6.07) is 69.7. The average Bonchev–Trinajstić information content (AvgIpc) is 3.95. The molecular weight excluding hydrogens is 695 g/mol. The first-order valence-electron chi connectivity index (χ1n) is 19.3. The van der Waals surface area contributed by atoms with Crippen molar-refractivity contribution >= 4 is 60.0 Å². The average molecular weight is 728 g/mol. The lowest BCUT2D eigenvalue weighted by Crippen LogP contribution is -1.96. The number of nitrogens with zero attached hydrogens (tertiary/aromatic N) is 5. The zero-order valence-corrected chi connectivity index (χ0v) is 30.8.